The summed E-state index contributed by atoms with van der Waals surface area (Å²) in [6, 6.07) is 1.53. The van der Waals surface area contributed by atoms with Gasteiger partial charge in [0.05, 0.1) is 39.2 Å². The summed E-state index contributed by atoms with van der Waals surface area (Å²) in [6.45, 7) is 12.0. The summed E-state index contributed by atoms with van der Waals surface area (Å²) in [7, 11) is -8.95. The maximum absolute atomic E-state index is 12.9. The number of β-lactam (4-membered cyclic amide) rings is 3. The highest BCUT2D eigenvalue weighted by molar-refractivity contribution is 7.94. The Labute approximate surface area is 447 Å². The normalized spacial score (nSPS) is 27.0. The van der Waals surface area contributed by atoms with E-state index >= 15 is 0 Å². The van der Waals surface area contributed by atoms with Gasteiger partial charge in [-0.3, -0.25) is 33.9 Å². The molecule has 6 aliphatic heterocycles. The first kappa shape index (κ1) is 59.5. The van der Waals surface area contributed by atoms with E-state index in [1.54, 1.807) is 0 Å². The monoisotopic (exact) mass is 1140 g/mol. The van der Waals surface area contributed by atoms with E-state index in [1.807, 2.05) is 0 Å². The molecule has 6 saturated heterocycles. The van der Waals surface area contributed by atoms with Crippen molar-refractivity contribution >= 4 is 95.1 Å². The Balaban J connectivity index is 0.000000192. The quantitative estimate of drug-likeness (QED) is 0.0519. The van der Waals surface area contributed by atoms with Gasteiger partial charge < -0.3 is 50.7 Å². The molecule has 0 unspecified atom stereocenters. The van der Waals surface area contributed by atoms with Crippen molar-refractivity contribution in [3.8, 4) is 0 Å². The van der Waals surface area contributed by atoms with Crippen molar-refractivity contribution < 1.29 is 88.5 Å². The molecule has 6 atom stereocenters. The van der Waals surface area contributed by atoms with E-state index < -0.39 is 126 Å². The van der Waals surface area contributed by atoms with Gasteiger partial charge in [-0.05, 0) is 90.9 Å². The predicted octanol–water partition coefficient (Wildman–Crippen LogP) is -1.16. The van der Waals surface area contributed by atoms with Gasteiger partial charge in [0, 0.05) is 39.1 Å². The number of carbonyl (C=O) groups is 9. The fourth-order valence-corrected chi connectivity index (χ4v) is 15.9. The molecule has 27 nitrogen and oxygen atoms in total. The van der Waals surface area contributed by atoms with Crippen molar-refractivity contribution in [2.45, 2.75) is 96.5 Å². The molecule has 30 heteroatoms. The third kappa shape index (κ3) is 9.41. The summed E-state index contributed by atoms with van der Waals surface area (Å²) in [4.78, 5) is 119. The zero-order chi connectivity index (χ0) is 58.7. The largest absolute Gasteiger partial charge is 0.480 e. The van der Waals surface area contributed by atoms with Crippen LogP contribution in [0, 0.1) is 0 Å². The highest BCUT2D eigenvalue weighted by Crippen LogP contribution is 2.51. The van der Waals surface area contributed by atoms with E-state index in [0.29, 0.717) is 30.8 Å². The number of nitrogens with two attached hydrogens (primary N) is 1. The lowest BCUT2D eigenvalue weighted by Gasteiger charge is -2.37. The second-order valence-corrected chi connectivity index (χ2v) is 27.9. The van der Waals surface area contributed by atoms with Crippen LogP contribution in [0.25, 0.3) is 12.2 Å². The first-order valence-corrected chi connectivity index (χ1v) is 28.1. The number of hydrogen-bond acceptors (Lipinski definition) is 19. The lowest BCUT2D eigenvalue weighted by Crippen LogP contribution is -2.59. The minimum absolute atomic E-state index is 0.0259. The summed E-state index contributed by atoms with van der Waals surface area (Å²) in [5, 5.41) is 26.7. The molecule has 6 aliphatic rings. The van der Waals surface area contributed by atoms with Crippen molar-refractivity contribution in [1.29, 1.82) is 0 Å². The van der Waals surface area contributed by atoms with Crippen molar-refractivity contribution in [3.63, 3.8) is 0 Å². The number of ether oxygens (including phenoxy) is 1. The smallest absolute Gasteiger partial charge is 0.340 e. The Morgan fingerprint density at radius 3 is 1.58 bits per heavy atom. The zero-order valence-corrected chi connectivity index (χ0v) is 45.6. The summed E-state index contributed by atoms with van der Waals surface area (Å²) in [5.41, 5.74) is 5.74. The van der Waals surface area contributed by atoms with Gasteiger partial charge >= 0.3 is 23.9 Å². The van der Waals surface area contributed by atoms with Crippen LogP contribution in [0.15, 0.2) is 72.1 Å². The van der Waals surface area contributed by atoms with E-state index in [4.69, 9.17) is 10.5 Å². The van der Waals surface area contributed by atoms with Crippen LogP contribution in [0.5, 0.6) is 0 Å². The van der Waals surface area contributed by atoms with Gasteiger partial charge in [-0.15, -0.1) is 0 Å². The van der Waals surface area contributed by atoms with E-state index in [-0.39, 0.29) is 40.5 Å². The molecule has 0 saturated carbocycles. The van der Waals surface area contributed by atoms with E-state index in [9.17, 15) is 83.7 Å². The molecule has 420 valence electrons. The summed E-state index contributed by atoms with van der Waals surface area (Å²) >= 11 is 0. The van der Waals surface area contributed by atoms with Crippen LogP contribution < -0.4 is 11.1 Å². The standard InChI is InChI=1S/C18H22N4O6S.C18H18N2O7S.C12H16N2O6S/c1-18(2)13(17(25)26)22-15(24)12(16(22)29(18,27)28)8-11-5-4-10(9-21-11)14(23)20-7-3-6-19;1-4-8-27-17(24)10-6-5-7-19-12(10)9-11-14(21)20-13(16(22)23)18(2,3)28(25,26)15(11)20;1-12(2)8(11(17)18)14-9(16)6(5-7(15)13(3)4)10(14)21(12,19)20/h4-5,8-9,13,16H,3,6-7,19H2,1-2H3,(H,20,23)(H,25,26);4-7,9,13,15H,1,8H2,2-3H3,(H,22,23);5,8,10H,1-4H3,(H,17,18)/b12-8-;11-9-;6-5-/t13-,16+;13-,15+;8-,10+/m000/s1. The Morgan fingerprint density at radius 2 is 1.17 bits per heavy atom. The van der Waals surface area contributed by atoms with Crippen molar-refractivity contribution in [3.05, 3.63) is 94.6 Å². The Kier molecular flexibility index (Phi) is 16.0. The van der Waals surface area contributed by atoms with Crippen molar-refractivity contribution in [2.24, 2.45) is 5.73 Å². The number of pyridine rings is 2. The van der Waals surface area contributed by atoms with Gasteiger partial charge in [-0.25, -0.2) is 44.4 Å². The van der Waals surface area contributed by atoms with Crippen LogP contribution in [0.3, 0.4) is 0 Å². The number of carbonyl (C=O) groups excluding carboxylic acids is 6. The number of carboxylic acids is 3. The number of amides is 5. The fraction of sp³-hybridized carbons (Fsp3) is 0.438. The molecule has 8 rings (SSSR count). The third-order valence-corrected chi connectivity index (χ3v) is 22.3. The number of hydrogen-bond donors (Lipinski definition) is 5. The van der Waals surface area contributed by atoms with Gasteiger partial charge in [0.25, 0.3) is 23.6 Å². The van der Waals surface area contributed by atoms with Crippen LogP contribution in [0.2, 0.25) is 0 Å². The number of carboxylic acid groups (broad SMARTS) is 3. The van der Waals surface area contributed by atoms with E-state index in [2.05, 4.69) is 21.9 Å². The predicted molar refractivity (Wildman–Crippen MR) is 273 cm³/mol. The first-order valence-electron chi connectivity index (χ1n) is 23.4. The number of fused-ring (bicyclic) bond motifs is 3. The second kappa shape index (κ2) is 20.9. The van der Waals surface area contributed by atoms with Crippen molar-refractivity contribution in [2.75, 3.05) is 33.8 Å². The number of likely N-dealkylation sites (N-methyl/N-ethyl adjacent to an activating group) is 1. The molecule has 8 heterocycles. The molecule has 6 fully saturated rings. The minimum Gasteiger partial charge on any atom is -0.480 e. The number of nitrogens with zero attached hydrogens (tertiary/aromatic N) is 6. The maximum Gasteiger partial charge on any atom is 0.340 e. The number of aliphatic carboxylic acids is 3. The SMILES string of the molecule is C=CCOC(=O)c1cccnc1/C=C1/C(=O)N2[C@@H](C(=O)O)C(C)(C)S(=O)(=O)[C@H]12.CC1(C)[C@H](C(=O)O)N2C(=O)/C(=C/c3ccc(C(=O)NCCCN)cn3)[C@H]2S1(=O)=O.CN(C)C(=O)/C=C1/C(=O)N2[C@@H](C(=O)O)C(C)(C)S(=O)(=O)[C@H]12. The van der Waals surface area contributed by atoms with Crippen LogP contribution >= 0.6 is 0 Å². The zero-order valence-electron chi connectivity index (χ0n) is 43.1. The average Bonchev–Trinajstić information content (AvgIpc) is 3.81. The number of esters is 1. The Hall–Kier alpha value is -7.70. The summed E-state index contributed by atoms with van der Waals surface area (Å²) < 4.78 is 76.4. The van der Waals surface area contributed by atoms with Crippen LogP contribution in [-0.2, 0) is 67.8 Å². The molecule has 5 amide bonds. The molecular formula is C48H56N8O19S3. The molecule has 0 spiro atoms. The molecule has 2 aromatic heterocycles. The number of nitrogens with one attached hydrogen (secondary N) is 1. The third-order valence-electron chi connectivity index (χ3n) is 14.0. The van der Waals surface area contributed by atoms with Gasteiger partial charge in [-0.1, -0.05) is 12.7 Å². The summed E-state index contributed by atoms with van der Waals surface area (Å²) in [6.07, 6.45) is 8.21. The Bertz CT molecular complexity index is 3400. The van der Waals surface area contributed by atoms with Crippen molar-refractivity contribution in [1.82, 2.24) is 34.9 Å². The molecule has 6 N–H and O–H groups in total. The van der Waals surface area contributed by atoms with Gasteiger partial charge in [-0.2, -0.15) is 0 Å². The molecule has 0 aromatic carbocycles. The van der Waals surface area contributed by atoms with Crippen LogP contribution in [-0.4, -0.2) is 206 Å². The molecular weight excluding hydrogens is 1090 g/mol. The number of aromatic nitrogens is 2. The fourth-order valence-electron chi connectivity index (χ4n) is 9.54. The minimum atomic E-state index is -4.01. The topological polar surface area (TPSA) is 403 Å². The first-order chi connectivity index (χ1) is 36.0. The van der Waals surface area contributed by atoms with Gasteiger partial charge in [0.15, 0.2) is 63.8 Å². The van der Waals surface area contributed by atoms with E-state index in [0.717, 1.165) is 20.8 Å². The lowest BCUT2D eigenvalue weighted by molar-refractivity contribution is -0.152. The average molecular weight is 1150 g/mol. The molecule has 78 heavy (non-hydrogen) atoms. The van der Waals surface area contributed by atoms with Gasteiger partial charge in [0.1, 0.15) is 20.8 Å². The number of sulfone groups is 3. The lowest BCUT2D eigenvalue weighted by atomic mass is 9.95. The van der Waals surface area contributed by atoms with Crippen LogP contribution in [0.1, 0.15) is 80.1 Å². The van der Waals surface area contributed by atoms with Gasteiger partial charge in [0.2, 0.25) is 5.91 Å². The maximum atomic E-state index is 12.9. The van der Waals surface area contributed by atoms with Crippen LogP contribution in [0.4, 0.5) is 0 Å². The molecule has 0 bridgehead atoms. The second-order valence-electron chi connectivity index (χ2n) is 20.1. The highest BCUT2D eigenvalue weighted by Gasteiger charge is 2.72. The summed E-state index contributed by atoms with van der Waals surface area (Å²) in [5.74, 6) is -7.78. The molecule has 2 aromatic rings. The molecule has 0 aliphatic carbocycles. The molecule has 0 radical (unpaired) electrons. The Morgan fingerprint density at radius 1 is 0.718 bits per heavy atom. The highest BCUT2D eigenvalue weighted by atomic mass is 32.2. The van der Waals surface area contributed by atoms with E-state index in [1.165, 1.54) is 115 Å². The number of rotatable bonds is 13.